The second kappa shape index (κ2) is 9.03. The molecule has 2 aromatic rings. The first-order valence-electron chi connectivity index (χ1n) is 9.72. The molecule has 0 radical (unpaired) electrons. The Kier molecular flexibility index (Phi) is 6.46. The second-order valence-electron chi connectivity index (χ2n) is 7.52. The minimum Gasteiger partial charge on any atom is -0.325 e. The van der Waals surface area contributed by atoms with E-state index < -0.39 is 11.6 Å². The van der Waals surface area contributed by atoms with E-state index in [0.717, 1.165) is 29.4 Å². The number of urea groups is 1. The van der Waals surface area contributed by atoms with Gasteiger partial charge in [-0.15, -0.1) is 0 Å². The van der Waals surface area contributed by atoms with E-state index in [9.17, 15) is 18.4 Å². The Morgan fingerprint density at radius 2 is 1.69 bits per heavy atom. The number of piperidine rings is 1. The summed E-state index contributed by atoms with van der Waals surface area (Å²) >= 11 is 0. The van der Waals surface area contributed by atoms with Gasteiger partial charge < -0.3 is 15.5 Å². The second-order valence-corrected chi connectivity index (χ2v) is 7.52. The molecule has 1 aliphatic rings. The van der Waals surface area contributed by atoms with Crippen LogP contribution < -0.4 is 10.6 Å². The number of halogens is 2. The van der Waals surface area contributed by atoms with E-state index in [4.69, 9.17) is 0 Å². The summed E-state index contributed by atoms with van der Waals surface area (Å²) in [5, 5.41) is 5.35. The lowest BCUT2D eigenvalue weighted by Gasteiger charge is -2.34. The molecule has 0 aromatic heterocycles. The Labute approximate surface area is 169 Å². The highest BCUT2D eigenvalue weighted by atomic mass is 19.1. The summed E-state index contributed by atoms with van der Waals surface area (Å²) in [7, 11) is 0. The molecule has 1 heterocycles. The molecular formula is C22H25F2N3O2. The Hall–Kier alpha value is -2.96. The van der Waals surface area contributed by atoms with Crippen LogP contribution in [0.25, 0.3) is 0 Å². The summed E-state index contributed by atoms with van der Waals surface area (Å²) in [6.45, 7) is 4.83. The normalized spacial score (nSPS) is 15.7. The number of benzene rings is 2. The van der Waals surface area contributed by atoms with Crippen LogP contribution in [0.2, 0.25) is 0 Å². The smallest absolute Gasteiger partial charge is 0.321 e. The van der Waals surface area contributed by atoms with Gasteiger partial charge in [0.2, 0.25) is 5.91 Å². The highest BCUT2D eigenvalue weighted by Gasteiger charge is 2.30. The van der Waals surface area contributed by atoms with E-state index in [-0.39, 0.29) is 29.5 Å². The van der Waals surface area contributed by atoms with Crippen LogP contribution in [0.4, 0.5) is 25.0 Å². The van der Waals surface area contributed by atoms with Crippen LogP contribution in [0.15, 0.2) is 42.5 Å². The molecule has 29 heavy (non-hydrogen) atoms. The molecule has 0 spiro atoms. The van der Waals surface area contributed by atoms with Crippen LogP contribution in [0.5, 0.6) is 0 Å². The van der Waals surface area contributed by atoms with E-state index in [0.29, 0.717) is 25.9 Å². The van der Waals surface area contributed by atoms with Crippen LogP contribution in [0.3, 0.4) is 0 Å². The molecule has 0 aliphatic carbocycles. The van der Waals surface area contributed by atoms with Crippen molar-refractivity contribution < 1.29 is 18.4 Å². The van der Waals surface area contributed by atoms with Crippen LogP contribution in [-0.2, 0) is 4.79 Å². The molecule has 0 saturated carbocycles. The van der Waals surface area contributed by atoms with Crippen molar-refractivity contribution in [2.75, 3.05) is 23.7 Å². The van der Waals surface area contributed by atoms with E-state index in [2.05, 4.69) is 10.6 Å². The van der Waals surface area contributed by atoms with Crippen molar-refractivity contribution in [3.05, 3.63) is 59.7 Å². The number of rotatable bonds is 4. The van der Waals surface area contributed by atoms with Gasteiger partial charge in [0, 0.05) is 30.8 Å². The molecule has 2 N–H and O–H groups in total. The van der Waals surface area contributed by atoms with Gasteiger partial charge in [-0.2, -0.15) is 0 Å². The Balaban J connectivity index is 1.51. The third kappa shape index (κ3) is 5.31. The van der Waals surface area contributed by atoms with E-state index in [1.807, 2.05) is 31.2 Å². The van der Waals surface area contributed by atoms with Gasteiger partial charge in [0.05, 0.1) is 5.69 Å². The third-order valence-corrected chi connectivity index (χ3v) is 5.44. The maximum absolute atomic E-state index is 13.7. The molecule has 2 aromatic carbocycles. The van der Waals surface area contributed by atoms with Crippen molar-refractivity contribution in [1.82, 2.24) is 4.90 Å². The largest absolute Gasteiger partial charge is 0.325 e. The first-order valence-corrected chi connectivity index (χ1v) is 9.72. The third-order valence-electron chi connectivity index (χ3n) is 5.44. The number of nitrogens with one attached hydrogen (secondary N) is 2. The molecule has 7 heteroatoms. The lowest BCUT2D eigenvalue weighted by atomic mass is 9.85. The zero-order chi connectivity index (χ0) is 21.0. The Morgan fingerprint density at radius 3 is 2.34 bits per heavy atom. The number of likely N-dealkylation sites (tertiary alicyclic amines) is 1. The molecule has 5 nitrogen and oxygen atoms in total. The summed E-state index contributed by atoms with van der Waals surface area (Å²) in [6.07, 6.45) is 1.34. The highest BCUT2D eigenvalue weighted by molar-refractivity contribution is 5.92. The number of carbonyl (C=O) groups excluding carboxylic acids is 2. The molecule has 1 fully saturated rings. The number of hydrogen-bond acceptors (Lipinski definition) is 2. The van der Waals surface area contributed by atoms with Gasteiger partial charge in [-0.3, -0.25) is 4.79 Å². The van der Waals surface area contributed by atoms with E-state index in [1.54, 1.807) is 11.8 Å². The molecular weight excluding hydrogens is 376 g/mol. The Morgan fingerprint density at radius 1 is 1.03 bits per heavy atom. The molecule has 1 aliphatic heterocycles. The average molecular weight is 401 g/mol. The number of aryl methyl sites for hydroxylation is 1. The molecule has 3 rings (SSSR count). The number of anilines is 2. The first-order chi connectivity index (χ1) is 13.8. The van der Waals surface area contributed by atoms with Crippen molar-refractivity contribution in [2.45, 2.75) is 26.7 Å². The highest BCUT2D eigenvalue weighted by Crippen LogP contribution is 2.27. The standard InChI is InChI=1S/C22H25F2N3O2/c1-14-3-6-18(7-4-14)25-22(29)27-11-9-16(10-12-27)15(2)21(28)26-20-13-17(23)5-8-19(20)24/h3-8,13,15-16H,9-12H2,1-2H3,(H,25,29)(H,26,28)/t15-/m0/s1. The Bertz CT molecular complexity index is 878. The van der Waals surface area contributed by atoms with Crippen molar-refractivity contribution in [3.8, 4) is 0 Å². The summed E-state index contributed by atoms with van der Waals surface area (Å²) in [5.74, 6) is -1.94. The fourth-order valence-electron chi connectivity index (χ4n) is 3.50. The molecule has 3 amide bonds. The number of nitrogens with zero attached hydrogens (tertiary/aromatic N) is 1. The maximum Gasteiger partial charge on any atom is 0.321 e. The number of carbonyl (C=O) groups is 2. The zero-order valence-electron chi connectivity index (χ0n) is 16.5. The minimum absolute atomic E-state index is 0.0649. The summed E-state index contributed by atoms with van der Waals surface area (Å²) in [4.78, 5) is 26.6. The van der Waals surface area contributed by atoms with Crippen LogP contribution >= 0.6 is 0 Å². The molecule has 1 atom stereocenters. The fraction of sp³-hybridized carbons (Fsp3) is 0.364. The van der Waals surface area contributed by atoms with E-state index >= 15 is 0 Å². The predicted molar refractivity (Wildman–Crippen MR) is 109 cm³/mol. The fourth-order valence-corrected chi connectivity index (χ4v) is 3.50. The maximum atomic E-state index is 13.7. The van der Waals surface area contributed by atoms with Gasteiger partial charge >= 0.3 is 6.03 Å². The van der Waals surface area contributed by atoms with Crippen molar-refractivity contribution >= 4 is 23.3 Å². The zero-order valence-corrected chi connectivity index (χ0v) is 16.5. The van der Waals surface area contributed by atoms with Gasteiger partial charge in [0.1, 0.15) is 11.6 Å². The first kappa shape index (κ1) is 20.8. The molecule has 154 valence electrons. The van der Waals surface area contributed by atoms with Gasteiger partial charge in [0.25, 0.3) is 0 Å². The van der Waals surface area contributed by atoms with Gasteiger partial charge in [-0.05, 0) is 49.9 Å². The SMILES string of the molecule is Cc1ccc(NC(=O)N2CCC([C@H](C)C(=O)Nc3cc(F)ccc3F)CC2)cc1. The summed E-state index contributed by atoms with van der Waals surface area (Å²) in [6, 6.07) is 10.4. The topological polar surface area (TPSA) is 61.4 Å². The van der Waals surface area contributed by atoms with Gasteiger partial charge in [-0.1, -0.05) is 24.6 Å². The van der Waals surface area contributed by atoms with E-state index in [1.165, 1.54) is 0 Å². The van der Waals surface area contributed by atoms with Crippen LogP contribution in [0, 0.1) is 30.4 Å². The van der Waals surface area contributed by atoms with Gasteiger partial charge in [-0.25, -0.2) is 13.6 Å². The molecule has 0 bridgehead atoms. The van der Waals surface area contributed by atoms with Crippen LogP contribution in [-0.4, -0.2) is 29.9 Å². The average Bonchev–Trinajstić information content (AvgIpc) is 2.72. The predicted octanol–water partition coefficient (Wildman–Crippen LogP) is 4.79. The van der Waals surface area contributed by atoms with Crippen molar-refractivity contribution in [2.24, 2.45) is 11.8 Å². The molecule has 0 unspecified atom stereocenters. The summed E-state index contributed by atoms with van der Waals surface area (Å²) < 4.78 is 27.0. The summed E-state index contributed by atoms with van der Waals surface area (Å²) in [5.41, 5.74) is 1.71. The number of hydrogen-bond donors (Lipinski definition) is 2. The quantitative estimate of drug-likeness (QED) is 0.774. The van der Waals surface area contributed by atoms with Gasteiger partial charge in [0.15, 0.2) is 0 Å². The van der Waals surface area contributed by atoms with Crippen molar-refractivity contribution in [1.29, 1.82) is 0 Å². The van der Waals surface area contributed by atoms with Crippen molar-refractivity contribution in [3.63, 3.8) is 0 Å². The minimum atomic E-state index is -0.672. The molecule has 1 saturated heterocycles. The van der Waals surface area contributed by atoms with Crippen LogP contribution in [0.1, 0.15) is 25.3 Å². The monoisotopic (exact) mass is 401 g/mol. The number of amides is 3. The lowest BCUT2D eigenvalue weighted by molar-refractivity contribution is -0.121. The lowest BCUT2D eigenvalue weighted by Crippen LogP contribution is -2.43.